The summed E-state index contributed by atoms with van der Waals surface area (Å²) in [5.74, 6) is 0.00782. The Morgan fingerprint density at radius 1 is 0.463 bits per heavy atom. The number of hydrogen-bond donors (Lipinski definition) is 2. The molecule has 0 aliphatic heterocycles. The van der Waals surface area contributed by atoms with Crippen molar-refractivity contribution in [2.24, 2.45) is 0 Å². The van der Waals surface area contributed by atoms with E-state index in [0.29, 0.717) is 13.0 Å². The van der Waals surface area contributed by atoms with Crippen molar-refractivity contribution < 1.29 is 19.2 Å². The van der Waals surface area contributed by atoms with Gasteiger partial charge in [-0.05, 0) is 27.7 Å². The quantitative estimate of drug-likeness (QED) is 0.345. The summed E-state index contributed by atoms with van der Waals surface area (Å²) in [7, 11) is 0. The molecule has 6 heteroatoms. The first-order chi connectivity index (χ1) is 18.0. The van der Waals surface area contributed by atoms with Crippen molar-refractivity contribution in [2.75, 3.05) is 13.1 Å². The third-order valence-corrected chi connectivity index (χ3v) is 3.04. The van der Waals surface area contributed by atoms with Crippen LogP contribution in [0, 0.1) is 0 Å². The third-order valence-electron chi connectivity index (χ3n) is 3.04. The van der Waals surface area contributed by atoms with Crippen LogP contribution >= 0.6 is 0 Å². The Hall–Kier alpha value is -3.28. The minimum Gasteiger partial charge on any atom is -0.357 e. The van der Waals surface area contributed by atoms with Gasteiger partial charge in [-0.2, -0.15) is 0 Å². The Bertz CT molecular complexity index is 635. The Morgan fingerprint density at radius 3 is 0.780 bits per heavy atom. The number of benzene rings is 2. The fourth-order valence-corrected chi connectivity index (χ4v) is 1.50. The maximum absolute atomic E-state index is 10.5. The molecule has 0 unspecified atom stereocenters. The summed E-state index contributed by atoms with van der Waals surface area (Å²) in [6.07, 6.45) is 3.17. The molecule has 0 radical (unpaired) electrons. The molecule has 242 valence electrons. The molecular weight excluding hydrogens is 512 g/mol. The average Bonchev–Trinajstić information content (AvgIpc) is 2.88. The molecule has 2 rings (SSSR count). The Labute approximate surface area is 256 Å². The van der Waals surface area contributed by atoms with Crippen LogP contribution in [-0.2, 0) is 19.2 Å². The Kier molecular flexibility index (Phi) is 79.8. The van der Waals surface area contributed by atoms with Gasteiger partial charge in [-0.25, -0.2) is 0 Å². The van der Waals surface area contributed by atoms with Crippen LogP contribution in [0.5, 0.6) is 0 Å². The maximum atomic E-state index is 10.5. The lowest BCUT2D eigenvalue weighted by molar-refractivity contribution is -0.127. The van der Waals surface area contributed by atoms with Gasteiger partial charge in [0.05, 0.1) is 6.42 Å². The predicted molar refractivity (Wildman–Crippen MR) is 184 cm³/mol. The van der Waals surface area contributed by atoms with E-state index < -0.39 is 0 Å². The number of hydrogen-bond acceptors (Lipinski definition) is 4. The van der Waals surface area contributed by atoms with E-state index in [4.69, 9.17) is 0 Å². The molecule has 2 amide bonds. The summed E-state index contributed by atoms with van der Waals surface area (Å²) >= 11 is 0. The summed E-state index contributed by atoms with van der Waals surface area (Å²) in [6, 6.07) is 24.0. The number of nitrogens with one attached hydrogen (secondary N) is 2. The van der Waals surface area contributed by atoms with E-state index in [1.54, 1.807) is 6.92 Å². The van der Waals surface area contributed by atoms with Crippen LogP contribution < -0.4 is 10.6 Å². The van der Waals surface area contributed by atoms with E-state index in [9.17, 15) is 19.2 Å². The molecule has 0 atom stereocenters. The number of amides is 2. The molecule has 41 heavy (non-hydrogen) atoms. The molecule has 0 spiro atoms. The summed E-state index contributed by atoms with van der Waals surface area (Å²) in [5, 5.41) is 5.09. The van der Waals surface area contributed by atoms with Gasteiger partial charge in [0, 0.05) is 26.4 Å². The van der Waals surface area contributed by atoms with Crippen LogP contribution in [0.4, 0.5) is 0 Å². The molecule has 0 aliphatic carbocycles. The van der Waals surface area contributed by atoms with Crippen molar-refractivity contribution in [2.45, 2.75) is 117 Å². The molecular formula is C35H68N2O4. The fraction of sp³-hybridized carbons (Fsp3) is 0.543. The second-order valence-electron chi connectivity index (χ2n) is 7.70. The Morgan fingerprint density at radius 2 is 0.683 bits per heavy atom. The molecule has 0 fully saturated rings. The normalized spacial score (nSPS) is 7.17. The van der Waals surface area contributed by atoms with Crippen molar-refractivity contribution >= 4 is 23.4 Å². The third kappa shape index (κ3) is 103. The van der Waals surface area contributed by atoms with Gasteiger partial charge in [-0.15, -0.1) is 0 Å². The van der Waals surface area contributed by atoms with Crippen molar-refractivity contribution in [3.63, 3.8) is 0 Å². The summed E-state index contributed by atoms with van der Waals surface area (Å²) < 4.78 is 0. The predicted octanol–water partition coefficient (Wildman–Crippen LogP) is 9.34. The molecule has 2 N–H and O–H groups in total. The average molecular weight is 581 g/mol. The monoisotopic (exact) mass is 581 g/mol. The zero-order valence-electron chi connectivity index (χ0n) is 25.8. The smallest absolute Gasteiger partial charge is 0.227 e. The summed E-state index contributed by atoms with van der Waals surface area (Å²) in [6.45, 7) is 19.9. The van der Waals surface area contributed by atoms with Gasteiger partial charge in [0.1, 0.15) is 11.6 Å². The molecule has 2 aromatic carbocycles. The molecule has 0 saturated heterocycles. The molecule has 0 aliphatic rings. The van der Waals surface area contributed by atoms with Gasteiger partial charge >= 0.3 is 0 Å². The largest absolute Gasteiger partial charge is 0.357 e. The van der Waals surface area contributed by atoms with Crippen LogP contribution in [0.3, 0.4) is 0 Å². The lowest BCUT2D eigenvalue weighted by Crippen LogP contribution is -2.24. The SMILES string of the molecule is C.C.C.CCC.CCC.CCC(C)=O.CCNC(=O)CC(C)=O.CCNC(C)=O.c1ccccc1.c1ccccc1. The van der Waals surface area contributed by atoms with Gasteiger partial charge in [0.25, 0.3) is 0 Å². The Balaban J connectivity index is -0.0000000524. The van der Waals surface area contributed by atoms with E-state index in [1.807, 2.05) is 93.6 Å². The molecule has 0 saturated carbocycles. The van der Waals surface area contributed by atoms with E-state index in [1.165, 1.54) is 26.7 Å². The number of carbonyl (C=O) groups is 4. The van der Waals surface area contributed by atoms with Crippen molar-refractivity contribution in [1.82, 2.24) is 10.6 Å². The minimum atomic E-state index is -0.190. The molecule has 0 bridgehead atoms. The summed E-state index contributed by atoms with van der Waals surface area (Å²) in [4.78, 5) is 40.5. The first-order valence-corrected chi connectivity index (χ1v) is 13.5. The second kappa shape index (κ2) is 56.8. The van der Waals surface area contributed by atoms with E-state index >= 15 is 0 Å². The van der Waals surface area contributed by atoms with Crippen LogP contribution in [0.2, 0.25) is 0 Å². The van der Waals surface area contributed by atoms with E-state index in [-0.39, 0.29) is 52.1 Å². The first kappa shape index (κ1) is 57.6. The van der Waals surface area contributed by atoms with Gasteiger partial charge in [-0.3, -0.25) is 14.4 Å². The van der Waals surface area contributed by atoms with Crippen molar-refractivity contribution in [3.05, 3.63) is 72.8 Å². The van der Waals surface area contributed by atoms with Crippen molar-refractivity contribution in [3.8, 4) is 0 Å². The molecule has 2 aromatic rings. The number of carbonyl (C=O) groups excluding carboxylic acids is 4. The minimum absolute atomic E-state index is 0. The highest BCUT2D eigenvalue weighted by molar-refractivity contribution is 5.96. The van der Waals surface area contributed by atoms with Crippen LogP contribution in [-0.4, -0.2) is 36.5 Å². The molecule has 0 heterocycles. The highest BCUT2D eigenvalue weighted by Gasteiger charge is 2.00. The number of ketones is 2. The zero-order valence-corrected chi connectivity index (χ0v) is 25.8. The number of Topliss-reactive ketones (excluding diaryl/α,β-unsaturated/α-hetero) is 2. The highest BCUT2D eigenvalue weighted by atomic mass is 16.2. The first-order valence-electron chi connectivity index (χ1n) is 13.5. The summed E-state index contributed by atoms with van der Waals surface area (Å²) in [5.41, 5.74) is 0. The maximum Gasteiger partial charge on any atom is 0.227 e. The van der Waals surface area contributed by atoms with Crippen molar-refractivity contribution in [1.29, 1.82) is 0 Å². The standard InChI is InChI=1S/C6H11NO2.2C6H6.C4H9NO.C4H8O.2C3H8.3CH4/c1-3-7-6(9)4-5(2)8;2*1-2-4-6-5-3-1;1-3-5-4(2)6;1-3-4(2)5;2*1-3-2;;;/h3-4H2,1-2H3,(H,7,9);2*1-6H;3H2,1-2H3,(H,5,6);3H2,1-2H3;2*3H2,1-2H3;3*1H4. The van der Waals surface area contributed by atoms with Crippen LogP contribution in [0.1, 0.15) is 117 Å². The molecule has 6 nitrogen and oxygen atoms in total. The van der Waals surface area contributed by atoms with Gasteiger partial charge in [0.2, 0.25) is 11.8 Å². The lowest BCUT2D eigenvalue weighted by Gasteiger charge is -1.96. The number of rotatable bonds is 5. The topological polar surface area (TPSA) is 92.3 Å². The van der Waals surface area contributed by atoms with E-state index in [2.05, 4.69) is 38.3 Å². The second-order valence-corrected chi connectivity index (χ2v) is 7.70. The fourth-order valence-electron chi connectivity index (χ4n) is 1.50. The van der Waals surface area contributed by atoms with E-state index in [0.717, 1.165) is 6.54 Å². The highest BCUT2D eigenvalue weighted by Crippen LogP contribution is 1.81. The lowest BCUT2D eigenvalue weighted by atomic mass is 10.3. The van der Waals surface area contributed by atoms with Gasteiger partial charge in [0.15, 0.2) is 0 Å². The van der Waals surface area contributed by atoms with Crippen LogP contribution in [0.25, 0.3) is 0 Å². The van der Waals surface area contributed by atoms with Crippen LogP contribution in [0.15, 0.2) is 72.8 Å². The molecule has 0 aromatic heterocycles. The zero-order chi connectivity index (χ0) is 30.5. The van der Waals surface area contributed by atoms with Gasteiger partial charge in [-0.1, -0.05) is 143 Å². The van der Waals surface area contributed by atoms with Gasteiger partial charge < -0.3 is 15.4 Å².